The summed E-state index contributed by atoms with van der Waals surface area (Å²) in [5, 5.41) is 10.4. The fraction of sp³-hybridized carbons (Fsp3) is 0.941. The maximum Gasteiger partial charge on any atom is 0.410 e. The number of aliphatic hydroxyl groups is 1. The summed E-state index contributed by atoms with van der Waals surface area (Å²) in [4.78, 5) is 16.2. The van der Waals surface area contributed by atoms with Crippen molar-refractivity contribution >= 4 is 6.09 Å². The highest BCUT2D eigenvalue weighted by atomic mass is 16.6. The number of hydrogen-bond donors (Lipinski definition) is 1. The van der Waals surface area contributed by atoms with Crippen molar-refractivity contribution in [1.29, 1.82) is 0 Å². The lowest BCUT2D eigenvalue weighted by Crippen LogP contribution is -2.47. The first-order valence-corrected chi connectivity index (χ1v) is 8.39. The fourth-order valence-electron chi connectivity index (χ4n) is 2.89. The molecule has 1 fully saturated rings. The predicted octanol–water partition coefficient (Wildman–Crippen LogP) is 2.58. The summed E-state index contributed by atoms with van der Waals surface area (Å²) >= 11 is 0. The molecule has 0 saturated carbocycles. The third kappa shape index (κ3) is 6.13. The highest BCUT2D eigenvalue weighted by Gasteiger charge is 2.39. The molecular weight excluding hydrogens is 280 g/mol. The Hall–Kier alpha value is -0.810. The van der Waals surface area contributed by atoms with Crippen LogP contribution in [-0.4, -0.2) is 64.9 Å². The molecule has 5 nitrogen and oxygen atoms in total. The van der Waals surface area contributed by atoms with Crippen molar-refractivity contribution in [2.75, 3.05) is 26.2 Å². The summed E-state index contributed by atoms with van der Waals surface area (Å²) in [6.45, 7) is 17.1. The zero-order valence-corrected chi connectivity index (χ0v) is 15.3. The normalized spacial score (nSPS) is 23.0. The Kier molecular flexibility index (Phi) is 6.68. The van der Waals surface area contributed by atoms with Gasteiger partial charge in [0.1, 0.15) is 5.60 Å². The van der Waals surface area contributed by atoms with E-state index in [0.29, 0.717) is 24.9 Å². The van der Waals surface area contributed by atoms with Gasteiger partial charge in [0.25, 0.3) is 0 Å². The maximum atomic E-state index is 12.2. The van der Waals surface area contributed by atoms with Gasteiger partial charge in [0, 0.05) is 19.6 Å². The number of hydrogen-bond acceptors (Lipinski definition) is 4. The molecule has 0 unspecified atom stereocenters. The summed E-state index contributed by atoms with van der Waals surface area (Å²) in [6, 6.07) is -0.00248. The van der Waals surface area contributed by atoms with Crippen molar-refractivity contribution in [3.63, 3.8) is 0 Å². The Balaban J connectivity index is 2.72. The van der Waals surface area contributed by atoms with E-state index in [-0.39, 0.29) is 12.1 Å². The summed E-state index contributed by atoms with van der Waals surface area (Å²) in [5.41, 5.74) is -0.504. The molecule has 1 aliphatic rings. The van der Waals surface area contributed by atoms with Crippen molar-refractivity contribution in [3.8, 4) is 0 Å². The second-order valence-electron chi connectivity index (χ2n) is 8.26. The van der Waals surface area contributed by atoms with E-state index in [9.17, 15) is 9.90 Å². The number of ether oxygens (including phenoxy) is 1. The van der Waals surface area contributed by atoms with Gasteiger partial charge in [-0.15, -0.1) is 0 Å². The van der Waals surface area contributed by atoms with Crippen molar-refractivity contribution in [2.45, 2.75) is 66.2 Å². The summed E-state index contributed by atoms with van der Waals surface area (Å²) in [6.07, 6.45) is -0.840. The molecule has 1 amide bonds. The Morgan fingerprint density at radius 2 is 1.68 bits per heavy atom. The highest BCUT2D eigenvalue weighted by molar-refractivity contribution is 5.68. The topological polar surface area (TPSA) is 53.0 Å². The summed E-state index contributed by atoms with van der Waals surface area (Å²) in [5.74, 6) is 1.06. The van der Waals surface area contributed by atoms with Gasteiger partial charge in [-0.3, -0.25) is 4.90 Å². The average Bonchev–Trinajstić information content (AvgIpc) is 2.67. The number of amides is 1. The van der Waals surface area contributed by atoms with Crippen LogP contribution in [0.2, 0.25) is 0 Å². The van der Waals surface area contributed by atoms with Gasteiger partial charge in [-0.1, -0.05) is 27.7 Å². The Labute approximate surface area is 135 Å². The molecule has 0 bridgehead atoms. The van der Waals surface area contributed by atoms with Crippen molar-refractivity contribution in [1.82, 2.24) is 9.80 Å². The van der Waals surface area contributed by atoms with Crippen LogP contribution in [0, 0.1) is 11.8 Å². The molecule has 0 aromatic heterocycles. The van der Waals surface area contributed by atoms with E-state index in [1.807, 2.05) is 20.8 Å². The van der Waals surface area contributed by atoms with E-state index in [2.05, 4.69) is 32.6 Å². The minimum Gasteiger partial charge on any atom is -0.444 e. The average molecular weight is 314 g/mol. The van der Waals surface area contributed by atoms with Gasteiger partial charge < -0.3 is 14.7 Å². The Bertz CT molecular complexity index is 353. The third-order valence-electron chi connectivity index (χ3n) is 3.58. The summed E-state index contributed by atoms with van der Waals surface area (Å²) in [7, 11) is 0. The second kappa shape index (κ2) is 7.64. The van der Waals surface area contributed by atoms with Gasteiger partial charge in [0.15, 0.2) is 0 Å². The standard InChI is InChI=1S/C17H34N2O3/c1-12(2)8-18(9-13(3)4)14-10-19(11-15(14)20)16(21)22-17(5,6)7/h12-15,20H,8-11H2,1-7H3/t14-,15-/m1/s1. The van der Waals surface area contributed by atoms with Crippen LogP contribution in [0.15, 0.2) is 0 Å². The lowest BCUT2D eigenvalue weighted by Gasteiger charge is -2.33. The van der Waals surface area contributed by atoms with Crippen molar-refractivity contribution < 1.29 is 14.6 Å². The third-order valence-corrected chi connectivity index (χ3v) is 3.58. The highest BCUT2D eigenvalue weighted by Crippen LogP contribution is 2.21. The minimum atomic E-state index is -0.509. The zero-order chi connectivity index (χ0) is 17.1. The van der Waals surface area contributed by atoms with E-state index >= 15 is 0 Å². The molecule has 1 aliphatic heterocycles. The predicted molar refractivity (Wildman–Crippen MR) is 88.9 cm³/mol. The largest absolute Gasteiger partial charge is 0.444 e. The number of rotatable bonds is 5. The molecule has 22 heavy (non-hydrogen) atoms. The van der Waals surface area contributed by atoms with Crippen molar-refractivity contribution in [3.05, 3.63) is 0 Å². The van der Waals surface area contributed by atoms with Crippen LogP contribution < -0.4 is 0 Å². The van der Waals surface area contributed by atoms with Crippen LogP contribution in [0.25, 0.3) is 0 Å². The van der Waals surface area contributed by atoms with Crippen LogP contribution in [0.5, 0.6) is 0 Å². The summed E-state index contributed by atoms with van der Waals surface area (Å²) < 4.78 is 5.42. The number of carbonyl (C=O) groups excluding carboxylic acids is 1. The molecule has 5 heteroatoms. The first-order chi connectivity index (χ1) is 9.99. The number of aliphatic hydroxyl groups excluding tert-OH is 1. The first-order valence-electron chi connectivity index (χ1n) is 8.39. The Morgan fingerprint density at radius 1 is 1.18 bits per heavy atom. The van der Waals surface area contributed by atoms with Gasteiger partial charge in [-0.05, 0) is 32.6 Å². The van der Waals surface area contributed by atoms with Gasteiger partial charge in [0.05, 0.1) is 18.7 Å². The van der Waals surface area contributed by atoms with E-state index in [0.717, 1.165) is 13.1 Å². The fourth-order valence-corrected chi connectivity index (χ4v) is 2.89. The molecule has 1 rings (SSSR count). The van der Waals surface area contributed by atoms with Crippen LogP contribution in [0.3, 0.4) is 0 Å². The molecule has 130 valence electrons. The zero-order valence-electron chi connectivity index (χ0n) is 15.3. The number of nitrogens with zero attached hydrogens (tertiary/aromatic N) is 2. The second-order valence-corrected chi connectivity index (χ2v) is 8.26. The molecular formula is C17H34N2O3. The quantitative estimate of drug-likeness (QED) is 0.847. The van der Waals surface area contributed by atoms with Crippen LogP contribution in [0.4, 0.5) is 4.79 Å². The molecule has 1 saturated heterocycles. The van der Waals surface area contributed by atoms with E-state index in [1.54, 1.807) is 4.90 Å². The van der Waals surface area contributed by atoms with Crippen LogP contribution >= 0.6 is 0 Å². The van der Waals surface area contributed by atoms with Gasteiger partial charge in [-0.25, -0.2) is 4.79 Å². The molecule has 0 aromatic rings. The van der Waals surface area contributed by atoms with Crippen LogP contribution in [0.1, 0.15) is 48.5 Å². The molecule has 0 radical (unpaired) electrons. The van der Waals surface area contributed by atoms with Crippen LogP contribution in [-0.2, 0) is 4.74 Å². The number of likely N-dealkylation sites (tertiary alicyclic amines) is 1. The van der Waals surface area contributed by atoms with Gasteiger partial charge >= 0.3 is 6.09 Å². The Morgan fingerprint density at radius 3 is 2.09 bits per heavy atom. The van der Waals surface area contributed by atoms with E-state index < -0.39 is 11.7 Å². The van der Waals surface area contributed by atoms with Gasteiger partial charge in [-0.2, -0.15) is 0 Å². The molecule has 0 spiro atoms. The molecule has 0 aliphatic carbocycles. The lowest BCUT2D eigenvalue weighted by atomic mass is 10.1. The maximum absolute atomic E-state index is 12.2. The monoisotopic (exact) mass is 314 g/mol. The molecule has 1 heterocycles. The SMILES string of the molecule is CC(C)CN(CC(C)C)[C@@H]1CN(C(=O)OC(C)(C)C)C[C@H]1O. The van der Waals surface area contributed by atoms with E-state index in [1.165, 1.54) is 0 Å². The molecule has 0 aromatic carbocycles. The lowest BCUT2D eigenvalue weighted by molar-refractivity contribution is 0.0269. The van der Waals surface area contributed by atoms with E-state index in [4.69, 9.17) is 4.74 Å². The first kappa shape index (κ1) is 19.2. The molecule has 1 N–H and O–H groups in total. The van der Waals surface area contributed by atoms with Gasteiger partial charge in [0.2, 0.25) is 0 Å². The number of carbonyl (C=O) groups is 1. The number of β-amino-alcohol motifs (C(OH)–C–C–N with tert-alkyl or cyclic N) is 1. The molecule has 2 atom stereocenters. The smallest absolute Gasteiger partial charge is 0.410 e. The minimum absolute atomic E-state index is 0.00248. The van der Waals surface area contributed by atoms with Crippen molar-refractivity contribution in [2.24, 2.45) is 11.8 Å².